The summed E-state index contributed by atoms with van der Waals surface area (Å²) in [6.07, 6.45) is 1.60. The van der Waals surface area contributed by atoms with Gasteiger partial charge in [-0.2, -0.15) is 5.10 Å². The van der Waals surface area contributed by atoms with Crippen molar-refractivity contribution >= 4 is 15.9 Å². The molecule has 0 aliphatic carbocycles. The van der Waals surface area contributed by atoms with Crippen LogP contribution in [0.3, 0.4) is 0 Å². The summed E-state index contributed by atoms with van der Waals surface area (Å²) in [5.74, 6) is -0.374. The van der Waals surface area contributed by atoms with Crippen molar-refractivity contribution in [3.63, 3.8) is 0 Å². The second-order valence-electron chi connectivity index (χ2n) is 4.05. The lowest BCUT2D eigenvalue weighted by molar-refractivity contribution is 0.0917. The molecule has 2 aromatic rings. The SMILES string of the molecule is Cn1ncc(Br)c1C(C)(O)c1cccc(F)c1. The molecule has 0 bridgehead atoms. The van der Waals surface area contributed by atoms with Crippen molar-refractivity contribution in [3.8, 4) is 0 Å². The van der Waals surface area contributed by atoms with Gasteiger partial charge in [-0.1, -0.05) is 12.1 Å². The normalized spacial score (nSPS) is 14.6. The van der Waals surface area contributed by atoms with E-state index in [9.17, 15) is 9.50 Å². The van der Waals surface area contributed by atoms with Gasteiger partial charge in [-0.15, -0.1) is 0 Å². The van der Waals surface area contributed by atoms with Gasteiger partial charge in [0.15, 0.2) is 0 Å². The Hall–Kier alpha value is -1.20. The van der Waals surface area contributed by atoms with E-state index in [0.717, 1.165) is 0 Å². The molecule has 1 atom stereocenters. The van der Waals surface area contributed by atoms with Gasteiger partial charge >= 0.3 is 0 Å². The van der Waals surface area contributed by atoms with Crippen molar-refractivity contribution in [1.29, 1.82) is 0 Å². The summed E-state index contributed by atoms with van der Waals surface area (Å²) in [5.41, 5.74) is -0.225. The van der Waals surface area contributed by atoms with Gasteiger partial charge in [-0.05, 0) is 40.5 Å². The Bertz CT molecular complexity index is 532. The average Bonchev–Trinajstić information content (AvgIpc) is 2.59. The number of rotatable bonds is 2. The number of benzene rings is 1. The van der Waals surface area contributed by atoms with Gasteiger partial charge in [-0.25, -0.2) is 4.39 Å². The minimum absolute atomic E-state index is 0.374. The third-order valence-electron chi connectivity index (χ3n) is 2.74. The molecule has 17 heavy (non-hydrogen) atoms. The van der Waals surface area contributed by atoms with Crippen LogP contribution in [0.25, 0.3) is 0 Å². The summed E-state index contributed by atoms with van der Waals surface area (Å²) >= 11 is 3.33. The molecule has 0 aliphatic rings. The van der Waals surface area contributed by atoms with E-state index < -0.39 is 5.60 Å². The minimum Gasteiger partial charge on any atom is -0.379 e. The first-order chi connectivity index (χ1) is 7.93. The quantitative estimate of drug-likeness (QED) is 0.925. The predicted octanol–water partition coefficient (Wildman–Crippen LogP) is 2.58. The van der Waals surface area contributed by atoms with Crippen LogP contribution in [0.15, 0.2) is 34.9 Å². The molecule has 1 heterocycles. The van der Waals surface area contributed by atoms with E-state index in [2.05, 4.69) is 21.0 Å². The molecule has 0 radical (unpaired) electrons. The highest BCUT2D eigenvalue weighted by atomic mass is 79.9. The van der Waals surface area contributed by atoms with Crippen LogP contribution in [-0.2, 0) is 12.6 Å². The van der Waals surface area contributed by atoms with Crippen LogP contribution in [0, 0.1) is 5.82 Å². The van der Waals surface area contributed by atoms with E-state index in [-0.39, 0.29) is 5.82 Å². The number of hydrogen-bond donors (Lipinski definition) is 1. The molecule has 0 aliphatic heterocycles. The monoisotopic (exact) mass is 298 g/mol. The van der Waals surface area contributed by atoms with Crippen molar-refractivity contribution < 1.29 is 9.50 Å². The van der Waals surface area contributed by atoms with Crippen LogP contribution in [-0.4, -0.2) is 14.9 Å². The van der Waals surface area contributed by atoms with Crippen LogP contribution >= 0.6 is 15.9 Å². The zero-order chi connectivity index (χ0) is 12.6. The van der Waals surface area contributed by atoms with Gasteiger partial charge in [0.25, 0.3) is 0 Å². The third-order valence-corrected chi connectivity index (χ3v) is 3.32. The molecule has 0 spiro atoms. The lowest BCUT2D eigenvalue weighted by Gasteiger charge is -2.24. The molecule has 1 unspecified atom stereocenters. The van der Waals surface area contributed by atoms with E-state index in [4.69, 9.17) is 0 Å². The van der Waals surface area contributed by atoms with Crippen molar-refractivity contribution in [2.75, 3.05) is 0 Å². The molecule has 3 nitrogen and oxygen atoms in total. The molecule has 2 rings (SSSR count). The molecule has 90 valence electrons. The zero-order valence-corrected chi connectivity index (χ0v) is 11.1. The van der Waals surface area contributed by atoms with E-state index in [1.54, 1.807) is 37.0 Å². The van der Waals surface area contributed by atoms with Crippen LogP contribution < -0.4 is 0 Å². The summed E-state index contributed by atoms with van der Waals surface area (Å²) in [4.78, 5) is 0. The Labute approximate surface area is 107 Å². The molecule has 1 aromatic heterocycles. The maximum atomic E-state index is 13.2. The van der Waals surface area contributed by atoms with Crippen molar-refractivity contribution in [1.82, 2.24) is 9.78 Å². The molecule has 0 fully saturated rings. The van der Waals surface area contributed by atoms with Gasteiger partial charge in [0.2, 0.25) is 0 Å². The highest BCUT2D eigenvalue weighted by Gasteiger charge is 2.31. The van der Waals surface area contributed by atoms with Crippen LogP contribution in [0.5, 0.6) is 0 Å². The average molecular weight is 299 g/mol. The second-order valence-corrected chi connectivity index (χ2v) is 4.90. The first kappa shape index (κ1) is 12.3. The summed E-state index contributed by atoms with van der Waals surface area (Å²) in [6.45, 7) is 1.61. The van der Waals surface area contributed by atoms with Gasteiger partial charge in [-0.3, -0.25) is 4.68 Å². The molecular weight excluding hydrogens is 287 g/mol. The molecular formula is C12H12BrFN2O. The molecule has 0 saturated heterocycles. The van der Waals surface area contributed by atoms with Crippen LogP contribution in [0.1, 0.15) is 18.2 Å². The molecule has 5 heteroatoms. The van der Waals surface area contributed by atoms with E-state index >= 15 is 0 Å². The Morgan fingerprint density at radius 1 is 1.47 bits per heavy atom. The minimum atomic E-state index is -1.30. The van der Waals surface area contributed by atoms with E-state index in [1.807, 2.05) is 0 Å². The smallest absolute Gasteiger partial charge is 0.130 e. The highest BCUT2D eigenvalue weighted by Crippen LogP contribution is 2.33. The largest absolute Gasteiger partial charge is 0.379 e. The topological polar surface area (TPSA) is 38.0 Å². The Morgan fingerprint density at radius 3 is 2.71 bits per heavy atom. The summed E-state index contributed by atoms with van der Waals surface area (Å²) in [7, 11) is 1.73. The van der Waals surface area contributed by atoms with Crippen molar-refractivity contribution in [3.05, 3.63) is 52.0 Å². The molecule has 0 amide bonds. The van der Waals surface area contributed by atoms with Crippen molar-refractivity contribution in [2.24, 2.45) is 7.05 Å². The first-order valence-corrected chi connectivity index (χ1v) is 5.88. The molecule has 1 N–H and O–H groups in total. The van der Waals surface area contributed by atoms with Crippen LogP contribution in [0.4, 0.5) is 4.39 Å². The molecule has 0 saturated carbocycles. The number of aliphatic hydroxyl groups is 1. The lowest BCUT2D eigenvalue weighted by atomic mass is 9.92. The summed E-state index contributed by atoms with van der Waals surface area (Å²) < 4.78 is 15.4. The van der Waals surface area contributed by atoms with E-state index in [0.29, 0.717) is 15.7 Å². The fourth-order valence-electron chi connectivity index (χ4n) is 1.89. The van der Waals surface area contributed by atoms with Gasteiger partial charge in [0.1, 0.15) is 11.4 Å². The number of halogens is 2. The predicted molar refractivity (Wildman–Crippen MR) is 66.0 cm³/mol. The Morgan fingerprint density at radius 2 is 2.18 bits per heavy atom. The number of aromatic nitrogens is 2. The lowest BCUT2D eigenvalue weighted by Crippen LogP contribution is -2.26. The standard InChI is InChI=1S/C12H12BrFN2O/c1-12(17,8-4-3-5-9(14)6-8)11-10(13)7-15-16(11)2/h3-7,17H,1-2H3. The van der Waals surface area contributed by atoms with E-state index in [1.165, 1.54) is 12.1 Å². The second kappa shape index (κ2) is 4.23. The fourth-order valence-corrected chi connectivity index (χ4v) is 2.62. The Kier molecular flexibility index (Phi) is 3.05. The summed E-state index contributed by atoms with van der Waals surface area (Å²) in [6, 6.07) is 5.92. The number of hydrogen-bond acceptors (Lipinski definition) is 2. The first-order valence-electron chi connectivity index (χ1n) is 5.09. The summed E-state index contributed by atoms with van der Waals surface area (Å²) in [5, 5.41) is 14.6. The fraction of sp³-hybridized carbons (Fsp3) is 0.250. The maximum absolute atomic E-state index is 13.2. The van der Waals surface area contributed by atoms with Crippen LogP contribution in [0.2, 0.25) is 0 Å². The van der Waals surface area contributed by atoms with Gasteiger partial charge < -0.3 is 5.11 Å². The number of nitrogens with zero attached hydrogens (tertiary/aromatic N) is 2. The number of aryl methyl sites for hydroxylation is 1. The van der Waals surface area contributed by atoms with Gasteiger partial charge in [0, 0.05) is 7.05 Å². The highest BCUT2D eigenvalue weighted by molar-refractivity contribution is 9.10. The maximum Gasteiger partial charge on any atom is 0.130 e. The third kappa shape index (κ3) is 2.12. The molecule has 1 aromatic carbocycles. The zero-order valence-electron chi connectivity index (χ0n) is 9.48. The Balaban J connectivity index is 2.57. The van der Waals surface area contributed by atoms with Crippen molar-refractivity contribution in [2.45, 2.75) is 12.5 Å². The van der Waals surface area contributed by atoms with Gasteiger partial charge in [0.05, 0.1) is 16.4 Å².